The standard InChI is InChI=1S/C22H27FN2O8S2/c1-5-16(25-35(29,30)15-9-7-14(23)8-10-15)19(26)24-20-17(21(27)32-6-2)13(3)18(34-20)22(28)33-12-11-31-4/h7-10,16,25H,5-6,11-12H2,1-4H3,(H,24,26). The van der Waals surface area contributed by atoms with Gasteiger partial charge < -0.3 is 19.5 Å². The lowest BCUT2D eigenvalue weighted by Crippen LogP contribution is -2.43. The number of nitrogens with one attached hydrogen (secondary N) is 2. The lowest BCUT2D eigenvalue weighted by atomic mass is 10.1. The van der Waals surface area contributed by atoms with E-state index >= 15 is 0 Å². The molecule has 0 aliphatic rings. The maximum absolute atomic E-state index is 13.2. The number of esters is 2. The molecule has 2 aromatic rings. The Bertz CT molecular complexity index is 1160. The van der Waals surface area contributed by atoms with Crippen LogP contribution in [-0.2, 0) is 29.0 Å². The average Bonchev–Trinajstić information content (AvgIpc) is 3.13. The number of methoxy groups -OCH3 is 1. The maximum atomic E-state index is 13.2. The highest BCUT2D eigenvalue weighted by Gasteiger charge is 2.30. The summed E-state index contributed by atoms with van der Waals surface area (Å²) in [6.07, 6.45) is 0.0667. The number of sulfonamides is 1. The van der Waals surface area contributed by atoms with Crippen molar-refractivity contribution in [1.82, 2.24) is 4.72 Å². The number of carbonyl (C=O) groups is 3. The highest BCUT2D eigenvalue weighted by atomic mass is 32.2. The third-order valence-corrected chi connectivity index (χ3v) is 7.39. The molecule has 0 bridgehead atoms. The van der Waals surface area contributed by atoms with Crippen LogP contribution in [-0.4, -0.2) is 59.2 Å². The number of halogens is 1. The van der Waals surface area contributed by atoms with E-state index < -0.39 is 39.7 Å². The molecule has 0 fully saturated rings. The highest BCUT2D eigenvalue weighted by molar-refractivity contribution is 7.89. The minimum absolute atomic E-state index is 0.00776. The van der Waals surface area contributed by atoms with Gasteiger partial charge >= 0.3 is 11.9 Å². The van der Waals surface area contributed by atoms with Crippen LogP contribution in [0.25, 0.3) is 0 Å². The summed E-state index contributed by atoms with van der Waals surface area (Å²) in [5.74, 6) is -2.83. The van der Waals surface area contributed by atoms with Crippen LogP contribution in [0.1, 0.15) is 45.9 Å². The second-order valence-electron chi connectivity index (χ2n) is 7.13. The molecule has 1 unspecified atom stereocenters. The van der Waals surface area contributed by atoms with E-state index in [0.717, 1.165) is 35.6 Å². The lowest BCUT2D eigenvalue weighted by molar-refractivity contribution is -0.117. The molecule has 2 rings (SSSR count). The number of carbonyl (C=O) groups excluding carboxylic acids is 3. The van der Waals surface area contributed by atoms with Crippen molar-refractivity contribution >= 4 is 44.2 Å². The smallest absolute Gasteiger partial charge is 0.348 e. The first kappa shape index (κ1) is 28.4. The minimum Gasteiger partial charge on any atom is -0.462 e. The lowest BCUT2D eigenvalue weighted by Gasteiger charge is -2.17. The first-order valence-electron chi connectivity index (χ1n) is 10.6. The molecular formula is C22H27FN2O8S2. The summed E-state index contributed by atoms with van der Waals surface area (Å²) >= 11 is 0.812. The molecule has 0 saturated heterocycles. The fraction of sp³-hybridized carbons (Fsp3) is 0.409. The van der Waals surface area contributed by atoms with Gasteiger partial charge in [0.15, 0.2) is 0 Å². The van der Waals surface area contributed by atoms with Gasteiger partial charge in [-0.3, -0.25) is 4.79 Å². The van der Waals surface area contributed by atoms with Crippen LogP contribution in [0.15, 0.2) is 29.2 Å². The van der Waals surface area contributed by atoms with E-state index in [1.165, 1.54) is 14.0 Å². The molecule has 1 aromatic carbocycles. The van der Waals surface area contributed by atoms with Gasteiger partial charge in [0.1, 0.15) is 28.3 Å². The molecule has 192 valence electrons. The zero-order valence-corrected chi connectivity index (χ0v) is 21.3. The van der Waals surface area contributed by atoms with Crippen molar-refractivity contribution in [2.45, 2.75) is 38.1 Å². The van der Waals surface area contributed by atoms with Crippen LogP contribution in [0.3, 0.4) is 0 Å². The number of benzene rings is 1. The Hall–Kier alpha value is -2.87. The van der Waals surface area contributed by atoms with Crippen LogP contribution in [0.5, 0.6) is 0 Å². The molecule has 1 amide bonds. The number of hydrogen-bond donors (Lipinski definition) is 2. The first-order valence-corrected chi connectivity index (χ1v) is 12.9. The Morgan fingerprint density at radius 1 is 1.06 bits per heavy atom. The monoisotopic (exact) mass is 530 g/mol. The topological polar surface area (TPSA) is 137 Å². The van der Waals surface area contributed by atoms with E-state index in [1.807, 2.05) is 0 Å². The van der Waals surface area contributed by atoms with E-state index in [2.05, 4.69) is 10.0 Å². The third-order valence-electron chi connectivity index (χ3n) is 4.72. The van der Waals surface area contributed by atoms with Crippen LogP contribution in [0, 0.1) is 12.7 Å². The van der Waals surface area contributed by atoms with Gasteiger partial charge in [0.05, 0.1) is 23.7 Å². The van der Waals surface area contributed by atoms with Gasteiger partial charge in [-0.15, -0.1) is 11.3 Å². The zero-order chi connectivity index (χ0) is 26.2. The van der Waals surface area contributed by atoms with Gasteiger partial charge in [-0.2, -0.15) is 4.72 Å². The maximum Gasteiger partial charge on any atom is 0.348 e. The zero-order valence-electron chi connectivity index (χ0n) is 19.7. The molecule has 1 aromatic heterocycles. The van der Waals surface area contributed by atoms with E-state index in [4.69, 9.17) is 14.2 Å². The average molecular weight is 531 g/mol. The van der Waals surface area contributed by atoms with E-state index in [0.29, 0.717) is 0 Å². The van der Waals surface area contributed by atoms with Crippen LogP contribution in [0.2, 0.25) is 0 Å². The van der Waals surface area contributed by atoms with Gasteiger partial charge in [-0.1, -0.05) is 6.92 Å². The number of ether oxygens (including phenoxy) is 3. The molecule has 13 heteroatoms. The minimum atomic E-state index is -4.14. The molecule has 2 N–H and O–H groups in total. The molecule has 0 radical (unpaired) electrons. The van der Waals surface area contributed by atoms with Crippen molar-refractivity contribution in [2.75, 3.05) is 32.2 Å². The second kappa shape index (κ2) is 12.7. The summed E-state index contributed by atoms with van der Waals surface area (Å²) in [6.45, 7) is 4.93. The van der Waals surface area contributed by atoms with Crippen LogP contribution in [0.4, 0.5) is 9.39 Å². The van der Waals surface area contributed by atoms with Gasteiger partial charge in [-0.05, 0) is 50.1 Å². The predicted octanol–water partition coefficient (Wildman–Crippen LogP) is 2.87. The fourth-order valence-electron chi connectivity index (χ4n) is 2.92. The normalized spacial score (nSPS) is 12.1. The molecule has 10 nitrogen and oxygen atoms in total. The molecular weight excluding hydrogens is 503 g/mol. The Kier molecular flexibility index (Phi) is 10.3. The molecule has 35 heavy (non-hydrogen) atoms. The number of thiophene rings is 1. The SMILES string of the molecule is CCOC(=O)c1c(NC(=O)C(CC)NS(=O)(=O)c2ccc(F)cc2)sc(C(=O)OCCOC)c1C. The van der Waals surface area contributed by atoms with Crippen molar-refractivity contribution in [3.63, 3.8) is 0 Å². The summed E-state index contributed by atoms with van der Waals surface area (Å²) < 4.78 is 55.7. The summed E-state index contributed by atoms with van der Waals surface area (Å²) in [5, 5.41) is 2.54. The fourth-order valence-corrected chi connectivity index (χ4v) is 5.29. The quantitative estimate of drug-likeness (QED) is 0.316. The largest absolute Gasteiger partial charge is 0.462 e. The number of anilines is 1. The van der Waals surface area contributed by atoms with Crippen molar-refractivity contribution in [1.29, 1.82) is 0 Å². The van der Waals surface area contributed by atoms with Gasteiger partial charge in [0.25, 0.3) is 0 Å². The summed E-state index contributed by atoms with van der Waals surface area (Å²) in [5.41, 5.74) is 0.228. The number of rotatable bonds is 12. The molecule has 1 heterocycles. The third kappa shape index (κ3) is 7.31. The number of hydrogen-bond acceptors (Lipinski definition) is 9. The van der Waals surface area contributed by atoms with Crippen LogP contribution >= 0.6 is 11.3 Å². The summed E-state index contributed by atoms with van der Waals surface area (Å²) in [6, 6.07) is 2.90. The highest BCUT2D eigenvalue weighted by Crippen LogP contribution is 2.34. The van der Waals surface area contributed by atoms with E-state index in [1.54, 1.807) is 13.8 Å². The van der Waals surface area contributed by atoms with Crippen molar-refractivity contribution < 1.29 is 41.4 Å². The predicted molar refractivity (Wildman–Crippen MR) is 127 cm³/mol. The Labute approximate surface area is 206 Å². The first-order chi connectivity index (χ1) is 16.5. The number of amides is 1. The van der Waals surface area contributed by atoms with Gasteiger partial charge in [-0.25, -0.2) is 22.4 Å². The molecule has 0 aliphatic heterocycles. The molecule has 1 atom stereocenters. The second-order valence-corrected chi connectivity index (χ2v) is 9.87. The summed E-state index contributed by atoms with van der Waals surface area (Å²) in [7, 11) is -2.69. The Balaban J connectivity index is 2.31. The Morgan fingerprint density at radius 2 is 1.71 bits per heavy atom. The van der Waals surface area contributed by atoms with Gasteiger partial charge in [0.2, 0.25) is 15.9 Å². The van der Waals surface area contributed by atoms with Gasteiger partial charge in [0, 0.05) is 7.11 Å². The van der Waals surface area contributed by atoms with Crippen molar-refractivity contribution in [3.8, 4) is 0 Å². The molecule has 0 aliphatic carbocycles. The summed E-state index contributed by atoms with van der Waals surface area (Å²) in [4.78, 5) is 37.9. The molecule has 0 spiro atoms. The van der Waals surface area contributed by atoms with Crippen molar-refractivity contribution in [2.24, 2.45) is 0 Å². The van der Waals surface area contributed by atoms with E-state index in [9.17, 15) is 27.2 Å². The Morgan fingerprint density at radius 3 is 2.29 bits per heavy atom. The molecule has 0 saturated carbocycles. The van der Waals surface area contributed by atoms with Crippen LogP contribution < -0.4 is 10.0 Å². The van der Waals surface area contributed by atoms with Crippen molar-refractivity contribution in [3.05, 3.63) is 46.1 Å². The van der Waals surface area contributed by atoms with E-state index in [-0.39, 0.29) is 52.1 Å².